The highest BCUT2D eigenvalue weighted by atomic mass is 79.9. The van der Waals surface area contributed by atoms with Gasteiger partial charge in [-0.1, -0.05) is 0 Å². The number of sulfonamides is 2. The molecule has 0 radical (unpaired) electrons. The highest BCUT2D eigenvalue weighted by Crippen LogP contribution is 2.35. The normalized spacial score (nSPS) is 15.8. The van der Waals surface area contributed by atoms with Crippen LogP contribution in [0.5, 0.6) is 0 Å². The van der Waals surface area contributed by atoms with Crippen LogP contribution in [0, 0.1) is 0 Å². The Labute approximate surface area is 390 Å². The summed E-state index contributed by atoms with van der Waals surface area (Å²) in [6.07, 6.45) is -5.65. The number of alkyl halides is 6. The fourth-order valence-corrected chi connectivity index (χ4v) is 12.6. The summed E-state index contributed by atoms with van der Waals surface area (Å²) in [5.74, 6) is -2.08. The monoisotopic (exact) mass is 1090 g/mol. The van der Waals surface area contributed by atoms with Gasteiger partial charge in [0.15, 0.2) is 0 Å². The largest absolute Gasteiger partial charge is 0.480 e. The number of rotatable bonds is 10. The summed E-state index contributed by atoms with van der Waals surface area (Å²) in [4.78, 5) is 25.9. The maximum absolute atomic E-state index is 13.3. The van der Waals surface area contributed by atoms with Crippen LogP contribution in [0.1, 0.15) is 11.1 Å². The SMILES string of the molecule is O=C(O)Cn1ccc2cc(Br)c(S(=O)(=O)N3CCN(c4ccc(C(F)(F)F)cc4)CC3)cc21.O=C(O)Cn1ccc2cc(Br)c(S(=O)(=O)N3CCN(c4ccc(C(F)(F)F)cc4)CC3)cc21. The predicted octanol–water partition coefficient (Wildman–Crippen LogP) is 8.04. The van der Waals surface area contributed by atoms with E-state index in [2.05, 4.69) is 31.9 Å². The standard InChI is InChI=1S/2C21H19BrF3N3O4S/c2*22-17-11-14-5-6-27(13-20(29)30)18(14)12-19(17)33(31,32)28-9-7-26(8-10-28)16-3-1-15(2-4-16)21(23,24)25/h2*1-6,11-12H,7-10,13H2,(H,29,30). The van der Waals surface area contributed by atoms with E-state index in [-0.39, 0.29) is 49.1 Å². The lowest BCUT2D eigenvalue weighted by atomic mass is 10.2. The molecule has 4 aromatic carbocycles. The van der Waals surface area contributed by atoms with E-state index in [4.69, 9.17) is 10.2 Å². The fraction of sp³-hybridized carbons (Fsp3) is 0.286. The highest BCUT2D eigenvalue weighted by molar-refractivity contribution is 9.10. The first-order valence-electron chi connectivity index (χ1n) is 19.8. The van der Waals surface area contributed by atoms with Crippen LogP contribution < -0.4 is 9.80 Å². The number of halogens is 8. The van der Waals surface area contributed by atoms with Gasteiger partial charge in [0.05, 0.1) is 20.9 Å². The van der Waals surface area contributed by atoms with E-state index in [1.54, 1.807) is 36.7 Å². The minimum atomic E-state index is -4.41. The van der Waals surface area contributed by atoms with E-state index < -0.39 is 55.5 Å². The molecule has 0 unspecified atom stereocenters. The Morgan fingerprint density at radius 2 is 0.833 bits per heavy atom. The van der Waals surface area contributed by atoms with Gasteiger partial charge in [0.1, 0.15) is 13.1 Å². The number of benzene rings is 4. The number of piperazine rings is 2. The van der Waals surface area contributed by atoms with E-state index in [1.807, 2.05) is 9.80 Å². The number of hydrogen-bond acceptors (Lipinski definition) is 8. The highest BCUT2D eigenvalue weighted by Gasteiger charge is 2.35. The van der Waals surface area contributed by atoms with Crippen LogP contribution in [0.4, 0.5) is 37.7 Å². The van der Waals surface area contributed by atoms with Gasteiger partial charge < -0.3 is 29.1 Å². The number of carbonyl (C=O) groups is 2. The quantitative estimate of drug-likeness (QED) is 0.128. The molecule has 2 aromatic heterocycles. The number of aliphatic carboxylic acids is 2. The van der Waals surface area contributed by atoms with Gasteiger partial charge in [-0.15, -0.1) is 0 Å². The molecule has 2 saturated heterocycles. The molecular formula is C42H38Br2F6N6O8S2. The number of fused-ring (bicyclic) bond motifs is 2. The number of nitrogens with zero attached hydrogens (tertiary/aromatic N) is 6. The van der Waals surface area contributed by atoms with Crippen LogP contribution in [0.2, 0.25) is 0 Å². The second kappa shape index (κ2) is 18.9. The molecule has 2 fully saturated rings. The van der Waals surface area contributed by atoms with E-state index >= 15 is 0 Å². The predicted molar refractivity (Wildman–Crippen MR) is 239 cm³/mol. The van der Waals surface area contributed by atoms with E-state index in [0.29, 0.717) is 68.3 Å². The van der Waals surface area contributed by atoms with Gasteiger partial charge in [0.25, 0.3) is 0 Å². The average molecular weight is 1090 g/mol. The van der Waals surface area contributed by atoms with Crippen molar-refractivity contribution in [3.8, 4) is 0 Å². The molecule has 0 spiro atoms. The number of anilines is 2. The third kappa shape index (κ3) is 10.5. The summed E-state index contributed by atoms with van der Waals surface area (Å²) in [6.45, 7) is 1.31. The Bertz CT molecular complexity index is 2800. The summed E-state index contributed by atoms with van der Waals surface area (Å²) < 4.78 is 136. The van der Waals surface area contributed by atoms with Gasteiger partial charge in [0.2, 0.25) is 20.0 Å². The Kier molecular flexibility index (Phi) is 13.9. The molecule has 0 bridgehead atoms. The molecule has 0 aliphatic carbocycles. The van der Waals surface area contributed by atoms with E-state index in [1.165, 1.54) is 54.1 Å². The van der Waals surface area contributed by atoms with Gasteiger partial charge in [0, 0.05) is 107 Å². The lowest BCUT2D eigenvalue weighted by molar-refractivity contribution is -0.138. The molecule has 66 heavy (non-hydrogen) atoms. The number of hydrogen-bond donors (Lipinski definition) is 2. The zero-order valence-electron chi connectivity index (χ0n) is 34.2. The lowest BCUT2D eigenvalue weighted by Crippen LogP contribution is -2.48. The average Bonchev–Trinajstić information content (AvgIpc) is 3.83. The molecule has 2 aliphatic heterocycles. The molecule has 0 amide bonds. The molecule has 0 saturated carbocycles. The van der Waals surface area contributed by atoms with Gasteiger partial charge in [-0.2, -0.15) is 35.0 Å². The second-order valence-electron chi connectivity index (χ2n) is 15.2. The number of carboxylic acids is 2. The minimum absolute atomic E-state index is 0.0309. The summed E-state index contributed by atoms with van der Waals surface area (Å²) in [6, 6.07) is 19.2. The molecule has 4 heterocycles. The van der Waals surface area contributed by atoms with Crippen LogP contribution in [-0.2, 0) is 55.1 Å². The molecule has 352 valence electrons. The Balaban J connectivity index is 0.000000196. The van der Waals surface area contributed by atoms with Crippen molar-refractivity contribution in [3.05, 3.63) is 117 Å². The topological polar surface area (TPSA) is 166 Å². The van der Waals surface area contributed by atoms with E-state index in [0.717, 1.165) is 24.3 Å². The van der Waals surface area contributed by atoms with Crippen LogP contribution >= 0.6 is 31.9 Å². The van der Waals surface area contributed by atoms with Crippen molar-refractivity contribution in [1.82, 2.24) is 17.7 Å². The van der Waals surface area contributed by atoms with Gasteiger partial charge in [-0.05, 0) is 117 Å². The second-order valence-corrected chi connectivity index (χ2v) is 20.8. The summed E-state index contributed by atoms with van der Waals surface area (Å²) in [5.41, 5.74) is 0.689. The number of aromatic nitrogens is 2. The smallest absolute Gasteiger partial charge is 0.416 e. The zero-order valence-corrected chi connectivity index (χ0v) is 39.0. The van der Waals surface area contributed by atoms with Gasteiger partial charge in [-0.3, -0.25) is 9.59 Å². The van der Waals surface area contributed by atoms with Crippen molar-refractivity contribution < 1.29 is 63.0 Å². The summed E-state index contributed by atoms with van der Waals surface area (Å²) in [7, 11) is -7.78. The number of carboxylic acid groups (broad SMARTS) is 2. The van der Waals surface area contributed by atoms with Crippen molar-refractivity contribution >= 4 is 97.0 Å². The van der Waals surface area contributed by atoms with Crippen LogP contribution in [0.15, 0.2) is 116 Å². The lowest BCUT2D eigenvalue weighted by Gasteiger charge is -2.35. The van der Waals surface area contributed by atoms with Crippen molar-refractivity contribution in [2.24, 2.45) is 0 Å². The molecular weight excluding hydrogens is 1050 g/mol. The van der Waals surface area contributed by atoms with Gasteiger partial charge >= 0.3 is 24.3 Å². The van der Waals surface area contributed by atoms with Crippen LogP contribution in [0.25, 0.3) is 21.8 Å². The molecule has 8 rings (SSSR count). The van der Waals surface area contributed by atoms with Crippen molar-refractivity contribution in [1.29, 1.82) is 0 Å². The van der Waals surface area contributed by atoms with Crippen molar-refractivity contribution in [3.63, 3.8) is 0 Å². The van der Waals surface area contributed by atoms with E-state index in [9.17, 15) is 52.8 Å². The molecule has 2 N–H and O–H groups in total. The molecule has 14 nitrogen and oxygen atoms in total. The fourth-order valence-electron chi connectivity index (χ4n) is 7.72. The van der Waals surface area contributed by atoms with Crippen molar-refractivity contribution in [2.45, 2.75) is 35.2 Å². The maximum Gasteiger partial charge on any atom is 0.416 e. The van der Waals surface area contributed by atoms with Crippen molar-refractivity contribution in [2.75, 3.05) is 62.2 Å². The Morgan fingerprint density at radius 3 is 1.12 bits per heavy atom. The zero-order chi connectivity index (χ0) is 47.9. The third-order valence-electron chi connectivity index (χ3n) is 11.1. The first kappa shape index (κ1) is 48.8. The first-order valence-corrected chi connectivity index (χ1v) is 24.2. The molecule has 6 aromatic rings. The van der Waals surface area contributed by atoms with Crippen LogP contribution in [0.3, 0.4) is 0 Å². The molecule has 2 aliphatic rings. The summed E-state index contributed by atoms with van der Waals surface area (Å²) in [5, 5.41) is 19.6. The van der Waals surface area contributed by atoms with Gasteiger partial charge in [-0.25, -0.2) is 16.8 Å². The van der Waals surface area contributed by atoms with Crippen LogP contribution in [-0.4, -0.2) is 109 Å². The maximum atomic E-state index is 13.3. The first-order chi connectivity index (χ1) is 30.9. The Morgan fingerprint density at radius 1 is 0.515 bits per heavy atom. The third-order valence-corrected chi connectivity index (χ3v) is 16.8. The molecule has 24 heteroatoms. The Hall–Kier alpha value is -5.14. The molecule has 0 atom stereocenters. The minimum Gasteiger partial charge on any atom is -0.480 e. The summed E-state index contributed by atoms with van der Waals surface area (Å²) >= 11 is 6.64.